The smallest absolute Gasteiger partial charge is 0.101 e. The molecule has 2 heterocycles. The van der Waals surface area contributed by atoms with Gasteiger partial charge in [0.2, 0.25) is 0 Å². The average molecular weight is 591 g/mol. The van der Waals surface area contributed by atoms with Crippen molar-refractivity contribution in [2.24, 2.45) is 0 Å². The molecule has 0 aliphatic carbocycles. The molecule has 218 valence electrons. The van der Waals surface area contributed by atoms with E-state index < -0.39 is 0 Å². The third-order valence-electron chi connectivity index (χ3n) is 9.10. The zero-order valence-corrected chi connectivity index (χ0v) is 25.9. The number of nitrogens with zero attached hydrogens (tertiary/aromatic N) is 4. The summed E-state index contributed by atoms with van der Waals surface area (Å²) in [6.45, 7) is 6.32. The van der Waals surface area contributed by atoms with Crippen LogP contribution in [0.1, 0.15) is 37.5 Å². The van der Waals surface area contributed by atoms with E-state index in [1.165, 1.54) is 16.3 Å². The Kier molecular flexibility index (Phi) is 6.11. The highest BCUT2D eigenvalue weighted by molar-refractivity contribution is 6.17. The summed E-state index contributed by atoms with van der Waals surface area (Å²) in [5.74, 6) is 0. The van der Waals surface area contributed by atoms with Crippen LogP contribution in [-0.4, -0.2) is 9.13 Å². The number of rotatable bonds is 3. The molecule has 0 amide bonds. The van der Waals surface area contributed by atoms with Gasteiger partial charge in [0.1, 0.15) is 12.1 Å². The van der Waals surface area contributed by atoms with E-state index in [9.17, 15) is 10.5 Å². The minimum Gasteiger partial charge on any atom is -0.309 e. The summed E-state index contributed by atoms with van der Waals surface area (Å²) in [7, 11) is 0. The molecule has 46 heavy (non-hydrogen) atoms. The second-order valence-electron chi connectivity index (χ2n) is 12.8. The fourth-order valence-corrected chi connectivity index (χ4v) is 7.26. The number of para-hydroxylation sites is 3. The van der Waals surface area contributed by atoms with Gasteiger partial charge in [-0.3, -0.25) is 0 Å². The SMILES string of the molecule is CC(C)(C)c1c(-n2c3ccccc3c3c(-c4ccc5c6ccccc6n(-c6ccccc6)c5c4)cccc32)ccc(C#N)c1C#N. The van der Waals surface area contributed by atoms with Gasteiger partial charge in [0.05, 0.1) is 38.9 Å². The molecule has 0 fully saturated rings. The van der Waals surface area contributed by atoms with Gasteiger partial charge in [-0.05, 0) is 65.1 Å². The van der Waals surface area contributed by atoms with Crippen molar-refractivity contribution < 1.29 is 0 Å². The van der Waals surface area contributed by atoms with E-state index in [0.717, 1.165) is 55.4 Å². The maximum Gasteiger partial charge on any atom is 0.101 e. The lowest BCUT2D eigenvalue weighted by Crippen LogP contribution is -2.18. The van der Waals surface area contributed by atoms with Crippen LogP contribution < -0.4 is 0 Å². The van der Waals surface area contributed by atoms with Crippen molar-refractivity contribution >= 4 is 43.6 Å². The largest absolute Gasteiger partial charge is 0.309 e. The Morgan fingerprint density at radius 3 is 1.91 bits per heavy atom. The predicted molar refractivity (Wildman–Crippen MR) is 189 cm³/mol. The molecule has 0 bridgehead atoms. The molecule has 0 radical (unpaired) electrons. The first kappa shape index (κ1) is 27.4. The van der Waals surface area contributed by atoms with E-state index >= 15 is 0 Å². The molecule has 0 aliphatic heterocycles. The first-order valence-electron chi connectivity index (χ1n) is 15.5. The van der Waals surface area contributed by atoms with E-state index in [4.69, 9.17) is 0 Å². The quantitative estimate of drug-likeness (QED) is 0.205. The van der Waals surface area contributed by atoms with Gasteiger partial charge in [0, 0.05) is 32.8 Å². The highest BCUT2D eigenvalue weighted by Crippen LogP contribution is 2.43. The summed E-state index contributed by atoms with van der Waals surface area (Å²) in [4.78, 5) is 0. The molecule has 0 aliphatic rings. The summed E-state index contributed by atoms with van der Waals surface area (Å²) in [5.41, 5.74) is 10.1. The van der Waals surface area contributed by atoms with Crippen LogP contribution in [0.5, 0.6) is 0 Å². The van der Waals surface area contributed by atoms with Crippen LogP contribution in [-0.2, 0) is 5.41 Å². The number of fused-ring (bicyclic) bond motifs is 6. The van der Waals surface area contributed by atoms with Gasteiger partial charge < -0.3 is 9.13 Å². The van der Waals surface area contributed by atoms with E-state index in [0.29, 0.717) is 11.1 Å². The van der Waals surface area contributed by atoms with Crippen molar-refractivity contribution in [2.45, 2.75) is 26.2 Å². The van der Waals surface area contributed by atoms with Gasteiger partial charge in [-0.1, -0.05) is 99.6 Å². The molecule has 0 spiro atoms. The number of hydrogen-bond acceptors (Lipinski definition) is 2. The van der Waals surface area contributed by atoms with Gasteiger partial charge >= 0.3 is 0 Å². The molecule has 6 aromatic carbocycles. The lowest BCUT2D eigenvalue weighted by atomic mass is 9.81. The Bertz CT molecular complexity index is 2580. The molecule has 4 heteroatoms. The average Bonchev–Trinajstić information content (AvgIpc) is 3.60. The molecular formula is C42H30N4. The molecule has 8 rings (SSSR count). The highest BCUT2D eigenvalue weighted by atomic mass is 15.0. The topological polar surface area (TPSA) is 57.4 Å². The molecule has 0 saturated carbocycles. The fourth-order valence-electron chi connectivity index (χ4n) is 7.26. The minimum absolute atomic E-state index is 0.377. The number of hydrogen-bond donors (Lipinski definition) is 0. The van der Waals surface area contributed by atoms with Gasteiger partial charge in [-0.25, -0.2) is 0 Å². The van der Waals surface area contributed by atoms with Crippen LogP contribution >= 0.6 is 0 Å². The summed E-state index contributed by atoms with van der Waals surface area (Å²) in [5, 5.41) is 24.9. The Labute approximate surface area is 267 Å². The molecule has 0 atom stereocenters. The zero-order chi connectivity index (χ0) is 31.6. The molecule has 0 saturated heterocycles. The second-order valence-corrected chi connectivity index (χ2v) is 12.8. The minimum atomic E-state index is -0.377. The first-order chi connectivity index (χ1) is 22.4. The number of benzene rings is 6. The maximum absolute atomic E-state index is 10.3. The monoisotopic (exact) mass is 590 g/mol. The lowest BCUT2D eigenvalue weighted by molar-refractivity contribution is 0.585. The molecular weight excluding hydrogens is 560 g/mol. The van der Waals surface area contributed by atoms with Crippen molar-refractivity contribution in [1.29, 1.82) is 10.5 Å². The van der Waals surface area contributed by atoms with Crippen LogP contribution in [0.2, 0.25) is 0 Å². The summed E-state index contributed by atoms with van der Waals surface area (Å²) in [6.07, 6.45) is 0. The molecule has 2 aromatic heterocycles. The van der Waals surface area contributed by atoms with Crippen LogP contribution in [0.25, 0.3) is 66.1 Å². The van der Waals surface area contributed by atoms with Crippen molar-refractivity contribution in [3.8, 4) is 34.6 Å². The van der Waals surface area contributed by atoms with Gasteiger partial charge in [0.15, 0.2) is 0 Å². The summed E-state index contributed by atoms with van der Waals surface area (Å²) in [6, 6.07) is 49.3. The number of aromatic nitrogens is 2. The number of nitriles is 2. The van der Waals surface area contributed by atoms with E-state index in [1.807, 2.05) is 6.07 Å². The van der Waals surface area contributed by atoms with E-state index in [1.54, 1.807) is 6.07 Å². The van der Waals surface area contributed by atoms with Crippen molar-refractivity contribution in [3.05, 3.63) is 144 Å². The molecule has 0 N–H and O–H groups in total. The van der Waals surface area contributed by atoms with Crippen LogP contribution in [0.4, 0.5) is 0 Å². The fraction of sp³-hybridized carbons (Fsp3) is 0.0952. The third kappa shape index (κ3) is 3.98. The van der Waals surface area contributed by atoms with Crippen LogP contribution in [0, 0.1) is 22.7 Å². The van der Waals surface area contributed by atoms with Crippen LogP contribution in [0.3, 0.4) is 0 Å². The van der Waals surface area contributed by atoms with Crippen molar-refractivity contribution in [3.63, 3.8) is 0 Å². The second kappa shape index (κ2) is 10.2. The van der Waals surface area contributed by atoms with Crippen molar-refractivity contribution in [2.75, 3.05) is 0 Å². The summed E-state index contributed by atoms with van der Waals surface area (Å²) < 4.78 is 4.63. The summed E-state index contributed by atoms with van der Waals surface area (Å²) >= 11 is 0. The molecule has 8 aromatic rings. The van der Waals surface area contributed by atoms with Gasteiger partial charge in [0.25, 0.3) is 0 Å². The Morgan fingerprint density at radius 1 is 0.543 bits per heavy atom. The third-order valence-corrected chi connectivity index (χ3v) is 9.10. The normalized spacial score (nSPS) is 11.8. The maximum atomic E-state index is 10.3. The van der Waals surface area contributed by atoms with E-state index in [-0.39, 0.29) is 5.41 Å². The Hall–Kier alpha value is -6.10. The predicted octanol–water partition coefficient (Wildman–Crippen LogP) is 10.6. The highest BCUT2D eigenvalue weighted by Gasteiger charge is 2.27. The van der Waals surface area contributed by atoms with Gasteiger partial charge in [-0.15, -0.1) is 0 Å². The lowest BCUT2D eigenvalue weighted by Gasteiger charge is -2.26. The molecule has 0 unspecified atom stereocenters. The Balaban J connectivity index is 1.46. The Morgan fingerprint density at radius 2 is 1.20 bits per heavy atom. The molecule has 4 nitrogen and oxygen atoms in total. The van der Waals surface area contributed by atoms with Gasteiger partial charge in [-0.2, -0.15) is 10.5 Å². The first-order valence-corrected chi connectivity index (χ1v) is 15.5. The van der Waals surface area contributed by atoms with Crippen molar-refractivity contribution in [1.82, 2.24) is 9.13 Å². The van der Waals surface area contributed by atoms with E-state index in [2.05, 4.69) is 157 Å². The standard InChI is InChI=1S/C42H30N4/c1-42(2,3)41-34(26-44)28(25-43)21-23-38(41)46-36-18-10-8-15-33(36)40-30(16-11-19-37(40)46)27-20-22-32-31-14-7-9-17-35(31)45(39(32)24-27)29-12-5-4-6-13-29/h4-24H,1-3H3. The van der Waals surface area contributed by atoms with Crippen LogP contribution in [0.15, 0.2) is 127 Å². The zero-order valence-electron chi connectivity index (χ0n) is 25.9.